The van der Waals surface area contributed by atoms with Gasteiger partial charge in [0.15, 0.2) is 0 Å². The number of rotatable bonds is 6. The highest BCUT2D eigenvalue weighted by atomic mass is 16.6. The fourth-order valence-electron chi connectivity index (χ4n) is 3.43. The number of nitro benzene ring substituents is 1. The molecule has 2 aromatic rings. The zero-order chi connectivity index (χ0) is 18.5. The van der Waals surface area contributed by atoms with Crippen molar-refractivity contribution < 1.29 is 4.92 Å². The van der Waals surface area contributed by atoms with E-state index in [1.807, 2.05) is 12.1 Å². The van der Waals surface area contributed by atoms with E-state index in [1.165, 1.54) is 25.1 Å². The molecule has 0 N–H and O–H groups in total. The quantitative estimate of drug-likeness (QED) is 0.586. The predicted octanol–water partition coefficient (Wildman–Crippen LogP) is 3.75. The van der Waals surface area contributed by atoms with Crippen LogP contribution < -0.4 is 0 Å². The molecule has 0 amide bonds. The monoisotopic (exact) mass is 353 g/mol. The second-order valence-electron chi connectivity index (χ2n) is 7.20. The van der Waals surface area contributed by atoms with Crippen molar-refractivity contribution in [3.63, 3.8) is 0 Å². The summed E-state index contributed by atoms with van der Waals surface area (Å²) >= 11 is 0. The van der Waals surface area contributed by atoms with Gasteiger partial charge < -0.3 is 9.80 Å². The Labute approximate surface area is 155 Å². The summed E-state index contributed by atoms with van der Waals surface area (Å²) in [7, 11) is 2.18. The minimum atomic E-state index is -0.314. The number of nitro groups is 1. The van der Waals surface area contributed by atoms with Gasteiger partial charge in [-0.3, -0.25) is 10.1 Å². The van der Waals surface area contributed by atoms with E-state index in [0.29, 0.717) is 5.56 Å². The molecule has 2 aromatic carbocycles. The third-order valence-corrected chi connectivity index (χ3v) is 5.23. The van der Waals surface area contributed by atoms with Crippen molar-refractivity contribution in [2.24, 2.45) is 0 Å². The maximum atomic E-state index is 11.1. The van der Waals surface area contributed by atoms with Gasteiger partial charge in [-0.15, -0.1) is 0 Å². The molecule has 0 aromatic heterocycles. The number of likely N-dealkylation sites (N-methyl/N-ethyl adjacent to an activating group) is 1. The van der Waals surface area contributed by atoms with Gasteiger partial charge in [-0.25, -0.2) is 0 Å². The summed E-state index contributed by atoms with van der Waals surface area (Å²) in [6, 6.07) is 13.9. The van der Waals surface area contributed by atoms with Crippen LogP contribution in [0, 0.1) is 17.0 Å². The maximum absolute atomic E-state index is 11.1. The highest BCUT2D eigenvalue weighted by Crippen LogP contribution is 2.27. The lowest BCUT2D eigenvalue weighted by Gasteiger charge is -2.32. The SMILES string of the molecule is Cc1ccc(-c2ccc(CCCN3CCN(C)CC3)cc2)cc1[N+](=O)[O-]. The molecule has 3 rings (SSSR count). The van der Waals surface area contributed by atoms with Gasteiger partial charge in [0.25, 0.3) is 5.69 Å². The lowest BCUT2D eigenvalue weighted by atomic mass is 10.0. The Kier molecular flexibility index (Phi) is 6.01. The van der Waals surface area contributed by atoms with E-state index in [4.69, 9.17) is 0 Å². The average Bonchev–Trinajstić information content (AvgIpc) is 2.64. The Balaban J connectivity index is 1.57. The summed E-state index contributed by atoms with van der Waals surface area (Å²) in [4.78, 5) is 15.7. The fraction of sp³-hybridized carbons (Fsp3) is 0.429. The summed E-state index contributed by atoms with van der Waals surface area (Å²) in [6.07, 6.45) is 2.24. The number of benzene rings is 2. The molecule has 5 heteroatoms. The standard InChI is InChI=1S/C21H27N3O2/c1-17-5-8-20(16-21(17)24(25)26)19-9-6-18(7-10-19)4-3-11-23-14-12-22(2)13-15-23/h5-10,16H,3-4,11-15H2,1-2H3. The molecule has 0 saturated carbocycles. The fourth-order valence-corrected chi connectivity index (χ4v) is 3.43. The van der Waals surface area contributed by atoms with Gasteiger partial charge in [0.2, 0.25) is 0 Å². The number of hydrogen-bond acceptors (Lipinski definition) is 4. The molecule has 1 aliphatic heterocycles. The first kappa shape index (κ1) is 18.5. The molecular formula is C21H27N3O2. The minimum absolute atomic E-state index is 0.179. The third kappa shape index (κ3) is 4.68. The van der Waals surface area contributed by atoms with Gasteiger partial charge in [-0.1, -0.05) is 36.4 Å². The van der Waals surface area contributed by atoms with Crippen LogP contribution in [0.25, 0.3) is 11.1 Å². The summed E-state index contributed by atoms with van der Waals surface area (Å²) in [6.45, 7) is 7.59. The maximum Gasteiger partial charge on any atom is 0.272 e. The van der Waals surface area contributed by atoms with E-state index in [9.17, 15) is 10.1 Å². The van der Waals surface area contributed by atoms with Crippen LogP contribution in [-0.2, 0) is 6.42 Å². The van der Waals surface area contributed by atoms with Gasteiger partial charge in [-0.05, 0) is 50.0 Å². The second kappa shape index (κ2) is 8.43. The van der Waals surface area contributed by atoms with Crippen molar-refractivity contribution in [1.29, 1.82) is 0 Å². The Bertz CT molecular complexity index is 750. The smallest absolute Gasteiger partial charge is 0.272 e. The summed E-state index contributed by atoms with van der Waals surface area (Å²) < 4.78 is 0. The summed E-state index contributed by atoms with van der Waals surface area (Å²) in [5.74, 6) is 0. The van der Waals surface area contributed by atoms with E-state index in [1.54, 1.807) is 13.0 Å². The Hall–Kier alpha value is -2.24. The lowest BCUT2D eigenvalue weighted by Crippen LogP contribution is -2.44. The number of aryl methyl sites for hydroxylation is 2. The first-order valence-corrected chi connectivity index (χ1v) is 9.28. The number of piperazine rings is 1. The molecular weight excluding hydrogens is 326 g/mol. The number of nitrogens with zero attached hydrogens (tertiary/aromatic N) is 3. The molecule has 26 heavy (non-hydrogen) atoms. The molecule has 1 fully saturated rings. The van der Waals surface area contributed by atoms with Gasteiger partial charge in [0, 0.05) is 37.8 Å². The Morgan fingerprint density at radius 3 is 2.31 bits per heavy atom. The van der Waals surface area contributed by atoms with Crippen LogP contribution in [0.15, 0.2) is 42.5 Å². The molecule has 1 heterocycles. The zero-order valence-electron chi connectivity index (χ0n) is 15.6. The van der Waals surface area contributed by atoms with E-state index in [0.717, 1.165) is 37.2 Å². The Morgan fingerprint density at radius 1 is 1.00 bits per heavy atom. The van der Waals surface area contributed by atoms with Crippen molar-refractivity contribution in [2.45, 2.75) is 19.8 Å². The topological polar surface area (TPSA) is 49.6 Å². The zero-order valence-corrected chi connectivity index (χ0v) is 15.6. The molecule has 5 nitrogen and oxygen atoms in total. The van der Waals surface area contributed by atoms with Crippen LogP contribution in [0.1, 0.15) is 17.5 Å². The molecule has 1 saturated heterocycles. The largest absolute Gasteiger partial charge is 0.304 e. The highest BCUT2D eigenvalue weighted by molar-refractivity contribution is 5.67. The van der Waals surface area contributed by atoms with Crippen molar-refractivity contribution in [2.75, 3.05) is 39.8 Å². The molecule has 0 unspecified atom stereocenters. The van der Waals surface area contributed by atoms with E-state index in [-0.39, 0.29) is 10.6 Å². The molecule has 0 radical (unpaired) electrons. The average molecular weight is 353 g/mol. The van der Waals surface area contributed by atoms with Crippen LogP contribution >= 0.6 is 0 Å². The van der Waals surface area contributed by atoms with Crippen LogP contribution in [0.5, 0.6) is 0 Å². The Morgan fingerprint density at radius 2 is 1.65 bits per heavy atom. The molecule has 1 aliphatic rings. The summed E-state index contributed by atoms with van der Waals surface area (Å²) in [5.41, 5.74) is 4.12. The van der Waals surface area contributed by atoms with Crippen molar-refractivity contribution in [3.05, 3.63) is 63.7 Å². The third-order valence-electron chi connectivity index (χ3n) is 5.23. The first-order chi connectivity index (χ1) is 12.5. The molecule has 138 valence electrons. The van der Waals surface area contributed by atoms with Gasteiger partial charge >= 0.3 is 0 Å². The van der Waals surface area contributed by atoms with Gasteiger partial charge in [-0.2, -0.15) is 0 Å². The van der Waals surface area contributed by atoms with E-state index < -0.39 is 0 Å². The van der Waals surface area contributed by atoms with Crippen molar-refractivity contribution in [3.8, 4) is 11.1 Å². The minimum Gasteiger partial charge on any atom is -0.304 e. The van der Waals surface area contributed by atoms with E-state index >= 15 is 0 Å². The normalized spacial score (nSPS) is 15.9. The first-order valence-electron chi connectivity index (χ1n) is 9.28. The molecule has 0 spiro atoms. The van der Waals surface area contributed by atoms with Crippen molar-refractivity contribution >= 4 is 5.69 Å². The second-order valence-corrected chi connectivity index (χ2v) is 7.20. The molecule has 0 bridgehead atoms. The predicted molar refractivity (Wildman–Crippen MR) is 106 cm³/mol. The van der Waals surface area contributed by atoms with Crippen molar-refractivity contribution in [1.82, 2.24) is 9.80 Å². The lowest BCUT2D eigenvalue weighted by molar-refractivity contribution is -0.385. The summed E-state index contributed by atoms with van der Waals surface area (Å²) in [5, 5.41) is 11.1. The van der Waals surface area contributed by atoms with Crippen LogP contribution in [0.2, 0.25) is 0 Å². The van der Waals surface area contributed by atoms with Gasteiger partial charge in [0.1, 0.15) is 0 Å². The van der Waals surface area contributed by atoms with Gasteiger partial charge in [0.05, 0.1) is 4.92 Å². The van der Waals surface area contributed by atoms with E-state index in [2.05, 4.69) is 41.1 Å². The molecule has 0 atom stereocenters. The number of hydrogen-bond donors (Lipinski definition) is 0. The highest BCUT2D eigenvalue weighted by Gasteiger charge is 2.13. The molecule has 0 aliphatic carbocycles. The van der Waals surface area contributed by atoms with Crippen LogP contribution in [0.3, 0.4) is 0 Å². The van der Waals surface area contributed by atoms with Crippen LogP contribution in [-0.4, -0.2) is 54.5 Å². The van der Waals surface area contributed by atoms with Crippen LogP contribution in [0.4, 0.5) is 5.69 Å².